The van der Waals surface area contributed by atoms with Gasteiger partial charge in [0, 0.05) is 12.1 Å². The van der Waals surface area contributed by atoms with E-state index in [4.69, 9.17) is 5.14 Å². The van der Waals surface area contributed by atoms with Crippen LogP contribution in [0.5, 0.6) is 5.75 Å². The summed E-state index contributed by atoms with van der Waals surface area (Å²) in [5, 5.41) is 24.2. The molecule has 0 radical (unpaired) electrons. The Morgan fingerprint density at radius 3 is 2.50 bits per heavy atom. The molecule has 3 aromatic rings. The second-order valence-electron chi connectivity index (χ2n) is 5.56. The lowest BCUT2D eigenvalue weighted by molar-refractivity contribution is 0.0946. The number of hydrogen-bond acceptors (Lipinski definition) is 5. The van der Waals surface area contributed by atoms with Crippen molar-refractivity contribution < 1.29 is 18.3 Å². The van der Waals surface area contributed by atoms with Crippen LogP contribution < -0.4 is 10.5 Å². The van der Waals surface area contributed by atoms with Crippen molar-refractivity contribution in [2.45, 2.75) is 11.4 Å². The van der Waals surface area contributed by atoms with E-state index in [9.17, 15) is 18.3 Å². The molecular weight excluding hydrogens is 356 g/mol. The first-order valence-electron chi connectivity index (χ1n) is 7.58. The Balaban J connectivity index is 1.67. The van der Waals surface area contributed by atoms with Gasteiger partial charge in [0.15, 0.2) is 0 Å². The van der Waals surface area contributed by atoms with Crippen molar-refractivity contribution in [3.8, 4) is 17.0 Å². The molecule has 0 aliphatic heterocycles. The molecule has 134 valence electrons. The summed E-state index contributed by atoms with van der Waals surface area (Å²) >= 11 is 0. The summed E-state index contributed by atoms with van der Waals surface area (Å²) in [6.45, 7) is 0.203. The van der Waals surface area contributed by atoms with Crippen molar-refractivity contribution in [2.24, 2.45) is 5.14 Å². The van der Waals surface area contributed by atoms with Crippen molar-refractivity contribution in [3.05, 3.63) is 65.9 Å². The number of nitrogens with two attached hydrogens (primary N) is 1. The van der Waals surface area contributed by atoms with E-state index in [0.717, 1.165) is 0 Å². The van der Waals surface area contributed by atoms with Crippen LogP contribution in [0.4, 0.5) is 0 Å². The van der Waals surface area contributed by atoms with E-state index in [0.29, 0.717) is 16.8 Å². The third kappa shape index (κ3) is 3.90. The molecule has 1 heterocycles. The Morgan fingerprint density at radius 1 is 1.15 bits per heavy atom. The molecule has 1 aromatic heterocycles. The Morgan fingerprint density at radius 2 is 1.85 bits per heavy atom. The van der Waals surface area contributed by atoms with Gasteiger partial charge in [0.1, 0.15) is 11.4 Å². The van der Waals surface area contributed by atoms with Gasteiger partial charge in [-0.3, -0.25) is 9.89 Å². The SMILES string of the molecule is NS(=O)(=O)c1ccc(CNC(=O)c2cc(-c3ccccc3O)n[nH]2)cc1. The second kappa shape index (κ2) is 6.98. The number of phenolic OH excluding ortho intramolecular Hbond substituents is 1. The smallest absolute Gasteiger partial charge is 0.269 e. The van der Waals surface area contributed by atoms with Crippen LogP contribution in [0.15, 0.2) is 59.5 Å². The zero-order chi connectivity index (χ0) is 18.7. The van der Waals surface area contributed by atoms with E-state index in [1.165, 1.54) is 24.3 Å². The van der Waals surface area contributed by atoms with Gasteiger partial charge >= 0.3 is 0 Å². The number of carbonyl (C=O) groups excluding carboxylic acids is 1. The molecule has 0 bridgehead atoms. The molecular formula is C17H16N4O4S. The molecule has 3 rings (SSSR count). The Kier molecular flexibility index (Phi) is 4.74. The fourth-order valence-electron chi connectivity index (χ4n) is 2.34. The largest absolute Gasteiger partial charge is 0.507 e. The van der Waals surface area contributed by atoms with E-state index in [1.807, 2.05) is 0 Å². The maximum Gasteiger partial charge on any atom is 0.269 e. The van der Waals surface area contributed by atoms with Crippen LogP contribution in [-0.2, 0) is 16.6 Å². The predicted molar refractivity (Wildman–Crippen MR) is 94.7 cm³/mol. The van der Waals surface area contributed by atoms with Crippen molar-refractivity contribution in [1.29, 1.82) is 0 Å². The number of carbonyl (C=O) groups is 1. The highest BCUT2D eigenvalue weighted by Gasteiger charge is 2.13. The number of hydrogen-bond donors (Lipinski definition) is 4. The summed E-state index contributed by atoms with van der Waals surface area (Å²) in [5.41, 5.74) is 1.92. The molecule has 26 heavy (non-hydrogen) atoms. The molecule has 0 spiro atoms. The molecule has 9 heteroatoms. The van der Waals surface area contributed by atoms with E-state index in [-0.39, 0.29) is 28.8 Å². The number of nitrogens with one attached hydrogen (secondary N) is 2. The van der Waals surface area contributed by atoms with Crippen molar-refractivity contribution >= 4 is 15.9 Å². The fourth-order valence-corrected chi connectivity index (χ4v) is 2.86. The zero-order valence-corrected chi connectivity index (χ0v) is 14.3. The van der Waals surface area contributed by atoms with E-state index < -0.39 is 10.0 Å². The highest BCUT2D eigenvalue weighted by atomic mass is 32.2. The number of para-hydroxylation sites is 1. The third-order valence-corrected chi connectivity index (χ3v) is 4.64. The van der Waals surface area contributed by atoms with Gasteiger partial charge in [-0.2, -0.15) is 5.10 Å². The first-order valence-corrected chi connectivity index (χ1v) is 9.13. The summed E-state index contributed by atoms with van der Waals surface area (Å²) < 4.78 is 22.4. The minimum Gasteiger partial charge on any atom is -0.507 e. The molecule has 0 unspecified atom stereocenters. The Labute approximate surface area is 149 Å². The lowest BCUT2D eigenvalue weighted by Gasteiger charge is -2.05. The molecule has 1 amide bonds. The normalized spacial score (nSPS) is 11.3. The summed E-state index contributed by atoms with van der Waals surface area (Å²) in [6.07, 6.45) is 0. The van der Waals surface area contributed by atoms with Crippen LogP contribution in [0.3, 0.4) is 0 Å². The Bertz CT molecular complexity index is 1040. The van der Waals surface area contributed by atoms with Crippen molar-refractivity contribution in [3.63, 3.8) is 0 Å². The fraction of sp³-hybridized carbons (Fsp3) is 0.0588. The number of aromatic nitrogens is 2. The van der Waals surface area contributed by atoms with Crippen LogP contribution in [0.1, 0.15) is 16.1 Å². The minimum absolute atomic E-state index is 0.00783. The maximum absolute atomic E-state index is 12.2. The van der Waals surface area contributed by atoms with Gasteiger partial charge in [-0.1, -0.05) is 24.3 Å². The molecule has 0 saturated carbocycles. The Hall–Kier alpha value is -3.17. The van der Waals surface area contributed by atoms with Crippen LogP contribution in [0.2, 0.25) is 0 Å². The van der Waals surface area contributed by atoms with Gasteiger partial charge in [0.05, 0.1) is 10.6 Å². The molecule has 0 aliphatic rings. The number of sulfonamides is 1. The molecule has 8 nitrogen and oxygen atoms in total. The molecule has 0 atom stereocenters. The van der Waals surface area contributed by atoms with Crippen LogP contribution >= 0.6 is 0 Å². The van der Waals surface area contributed by atoms with Crippen LogP contribution in [-0.4, -0.2) is 29.6 Å². The number of H-pyrrole nitrogens is 1. The molecule has 5 N–H and O–H groups in total. The lowest BCUT2D eigenvalue weighted by atomic mass is 10.1. The summed E-state index contributed by atoms with van der Waals surface area (Å²) in [6, 6.07) is 14.1. The number of rotatable bonds is 5. The van der Waals surface area contributed by atoms with Crippen LogP contribution in [0, 0.1) is 0 Å². The van der Waals surface area contributed by atoms with Crippen LogP contribution in [0.25, 0.3) is 11.3 Å². The van der Waals surface area contributed by atoms with Gasteiger partial charge in [0.25, 0.3) is 5.91 Å². The highest BCUT2D eigenvalue weighted by molar-refractivity contribution is 7.89. The standard InChI is InChI=1S/C17H16N4O4S/c18-26(24,25)12-7-5-11(6-8-12)10-19-17(23)15-9-14(20-21-15)13-3-1-2-4-16(13)22/h1-9,22H,10H2,(H,19,23)(H,20,21)(H2,18,24,25). The van der Waals surface area contributed by atoms with Gasteiger partial charge in [-0.25, -0.2) is 13.6 Å². The average Bonchev–Trinajstić information content (AvgIpc) is 3.09. The number of nitrogens with zero attached hydrogens (tertiary/aromatic N) is 1. The van der Waals surface area contributed by atoms with Gasteiger partial charge in [-0.05, 0) is 35.9 Å². The molecule has 0 saturated heterocycles. The van der Waals surface area contributed by atoms with Gasteiger partial charge < -0.3 is 10.4 Å². The maximum atomic E-state index is 12.2. The number of aromatic hydroxyl groups is 1. The highest BCUT2D eigenvalue weighted by Crippen LogP contribution is 2.27. The van der Waals surface area contributed by atoms with Crippen molar-refractivity contribution in [1.82, 2.24) is 15.5 Å². The van der Waals surface area contributed by atoms with Crippen molar-refractivity contribution in [2.75, 3.05) is 0 Å². The number of primary sulfonamides is 1. The third-order valence-electron chi connectivity index (χ3n) is 3.71. The topological polar surface area (TPSA) is 138 Å². The molecule has 0 aliphatic carbocycles. The second-order valence-corrected chi connectivity index (χ2v) is 7.12. The van der Waals surface area contributed by atoms with E-state index in [1.54, 1.807) is 30.3 Å². The predicted octanol–water partition coefficient (Wildman–Crippen LogP) is 1.36. The number of amides is 1. The van der Waals surface area contributed by atoms with Gasteiger partial charge in [0.2, 0.25) is 10.0 Å². The van der Waals surface area contributed by atoms with E-state index in [2.05, 4.69) is 15.5 Å². The number of benzene rings is 2. The number of phenols is 1. The summed E-state index contributed by atoms with van der Waals surface area (Å²) in [7, 11) is -3.74. The summed E-state index contributed by atoms with van der Waals surface area (Å²) in [4.78, 5) is 12.2. The van der Waals surface area contributed by atoms with E-state index >= 15 is 0 Å². The monoisotopic (exact) mass is 372 g/mol. The quantitative estimate of drug-likeness (QED) is 0.536. The molecule has 2 aromatic carbocycles. The molecule has 0 fully saturated rings. The first kappa shape index (κ1) is 17.6. The van der Waals surface area contributed by atoms with Gasteiger partial charge in [-0.15, -0.1) is 0 Å². The minimum atomic E-state index is -3.74. The summed E-state index contributed by atoms with van der Waals surface area (Å²) in [5.74, 6) is -0.310. The number of aromatic amines is 1. The average molecular weight is 372 g/mol. The first-order chi connectivity index (χ1) is 12.3. The lowest BCUT2D eigenvalue weighted by Crippen LogP contribution is -2.23. The zero-order valence-electron chi connectivity index (χ0n) is 13.5.